The fourth-order valence-electron chi connectivity index (χ4n) is 1.50. The van der Waals surface area contributed by atoms with Gasteiger partial charge in [-0.2, -0.15) is 0 Å². The second-order valence-corrected chi connectivity index (χ2v) is 4.58. The van der Waals surface area contributed by atoms with Crippen molar-refractivity contribution >= 4 is 34.3 Å². The monoisotopic (exact) mass is 342 g/mol. The van der Waals surface area contributed by atoms with Gasteiger partial charge in [-0.05, 0) is 39.7 Å². The quantitative estimate of drug-likeness (QED) is 0.907. The van der Waals surface area contributed by atoms with E-state index in [0.29, 0.717) is 16.8 Å². The molecule has 0 spiro atoms. The minimum atomic E-state index is -0.962. The molecule has 0 aliphatic heterocycles. The lowest BCUT2D eigenvalue weighted by Gasteiger charge is -2.07. The molecular formula is C14H12BrClO3. The molecule has 3 nitrogen and oxygen atoms in total. The highest BCUT2D eigenvalue weighted by molar-refractivity contribution is 9.10. The van der Waals surface area contributed by atoms with Gasteiger partial charge < -0.3 is 9.84 Å². The van der Waals surface area contributed by atoms with Crippen LogP contribution < -0.4 is 4.74 Å². The Kier molecular flexibility index (Phi) is 5.86. The molecule has 5 heteroatoms. The van der Waals surface area contributed by atoms with Gasteiger partial charge in [0.05, 0.1) is 5.56 Å². The summed E-state index contributed by atoms with van der Waals surface area (Å²) in [6.45, 7) is 0.458. The third kappa shape index (κ3) is 4.26. The van der Waals surface area contributed by atoms with E-state index in [9.17, 15) is 4.79 Å². The van der Waals surface area contributed by atoms with Crippen LogP contribution >= 0.6 is 28.3 Å². The van der Waals surface area contributed by atoms with E-state index in [1.807, 2.05) is 30.3 Å². The number of ether oxygens (including phenoxy) is 1. The smallest absolute Gasteiger partial charge is 0.336 e. The Morgan fingerprint density at radius 3 is 2.42 bits per heavy atom. The van der Waals surface area contributed by atoms with Crippen molar-refractivity contribution in [1.29, 1.82) is 0 Å². The largest absolute Gasteiger partial charge is 0.489 e. The molecule has 0 atom stereocenters. The van der Waals surface area contributed by atoms with Crippen LogP contribution in [0.25, 0.3) is 0 Å². The fraction of sp³-hybridized carbons (Fsp3) is 0.0714. The van der Waals surface area contributed by atoms with Gasteiger partial charge in [0.2, 0.25) is 0 Å². The summed E-state index contributed by atoms with van der Waals surface area (Å²) in [6, 6.07) is 14.6. The number of carbonyl (C=O) groups is 1. The van der Waals surface area contributed by atoms with Gasteiger partial charge in [0.25, 0.3) is 0 Å². The molecule has 100 valence electrons. The molecule has 0 bridgehead atoms. The van der Waals surface area contributed by atoms with Crippen LogP contribution in [0.15, 0.2) is 53.0 Å². The van der Waals surface area contributed by atoms with Crippen LogP contribution in [-0.4, -0.2) is 11.1 Å². The normalized spacial score (nSPS) is 9.53. The second-order valence-electron chi connectivity index (χ2n) is 3.72. The van der Waals surface area contributed by atoms with Crippen LogP contribution in [-0.2, 0) is 6.61 Å². The maximum absolute atomic E-state index is 10.8. The number of benzene rings is 2. The number of halogens is 2. The van der Waals surface area contributed by atoms with Crippen LogP contribution in [0.4, 0.5) is 0 Å². The zero-order valence-corrected chi connectivity index (χ0v) is 12.3. The van der Waals surface area contributed by atoms with Crippen LogP contribution in [0, 0.1) is 0 Å². The van der Waals surface area contributed by atoms with Gasteiger partial charge in [0, 0.05) is 4.47 Å². The van der Waals surface area contributed by atoms with Crippen molar-refractivity contribution in [2.24, 2.45) is 0 Å². The third-order valence-corrected chi connectivity index (χ3v) is 3.08. The van der Waals surface area contributed by atoms with Gasteiger partial charge >= 0.3 is 5.97 Å². The number of aromatic carboxylic acids is 1. The number of carboxylic acid groups (broad SMARTS) is 1. The first-order valence-corrected chi connectivity index (χ1v) is 6.15. The molecule has 0 aromatic heterocycles. The Labute approximate surface area is 125 Å². The molecule has 2 aromatic carbocycles. The van der Waals surface area contributed by atoms with Crippen molar-refractivity contribution in [2.75, 3.05) is 0 Å². The van der Waals surface area contributed by atoms with E-state index in [0.717, 1.165) is 5.56 Å². The third-order valence-electron chi connectivity index (χ3n) is 2.42. The van der Waals surface area contributed by atoms with Crippen LogP contribution in [0.3, 0.4) is 0 Å². The fourth-order valence-corrected chi connectivity index (χ4v) is 2.03. The molecule has 0 heterocycles. The van der Waals surface area contributed by atoms with E-state index in [2.05, 4.69) is 15.9 Å². The highest BCUT2D eigenvalue weighted by Gasteiger charge is 2.08. The van der Waals surface area contributed by atoms with Crippen LogP contribution in [0.2, 0.25) is 0 Å². The van der Waals surface area contributed by atoms with Gasteiger partial charge in [0.15, 0.2) is 0 Å². The lowest BCUT2D eigenvalue weighted by molar-refractivity contribution is 0.0696. The average Bonchev–Trinajstić information content (AvgIpc) is 2.37. The van der Waals surface area contributed by atoms with Gasteiger partial charge in [-0.25, -0.2) is 4.79 Å². The van der Waals surface area contributed by atoms with Crippen molar-refractivity contribution in [3.05, 3.63) is 64.1 Å². The minimum Gasteiger partial charge on any atom is -0.489 e. The molecule has 0 saturated heterocycles. The van der Waals surface area contributed by atoms with Gasteiger partial charge in [0.1, 0.15) is 12.4 Å². The first-order chi connectivity index (χ1) is 8.66. The Morgan fingerprint density at radius 1 is 1.16 bits per heavy atom. The topological polar surface area (TPSA) is 46.5 Å². The van der Waals surface area contributed by atoms with E-state index in [1.54, 1.807) is 12.1 Å². The van der Waals surface area contributed by atoms with Crippen LogP contribution in [0.5, 0.6) is 5.75 Å². The van der Waals surface area contributed by atoms with Crippen molar-refractivity contribution in [3.63, 3.8) is 0 Å². The summed E-state index contributed by atoms with van der Waals surface area (Å²) in [5.41, 5.74) is 1.29. The van der Waals surface area contributed by atoms with E-state index >= 15 is 0 Å². The Balaban J connectivity index is 0.00000180. The van der Waals surface area contributed by atoms with Gasteiger partial charge in [-0.3, -0.25) is 0 Å². The Hall–Kier alpha value is -1.52. The molecule has 0 aliphatic rings. The second kappa shape index (κ2) is 7.16. The standard InChI is InChI=1S/C14H11BrO3.ClH/c15-13-8-11(6-7-12(13)14(16)17)18-9-10-4-2-1-3-5-10;/h1-8H,9H2,(H,16,17);1H. The van der Waals surface area contributed by atoms with E-state index in [-0.39, 0.29) is 18.0 Å². The SMILES string of the molecule is Cl.O=C(O)c1ccc(OCc2ccccc2)cc1Br. The van der Waals surface area contributed by atoms with Gasteiger partial charge in [-0.15, -0.1) is 12.4 Å². The molecular weight excluding hydrogens is 332 g/mol. The predicted molar refractivity (Wildman–Crippen MR) is 79.1 cm³/mol. The predicted octanol–water partition coefficient (Wildman–Crippen LogP) is 4.15. The summed E-state index contributed by atoms with van der Waals surface area (Å²) in [5, 5.41) is 8.89. The first kappa shape index (κ1) is 15.5. The van der Waals surface area contributed by atoms with E-state index in [1.165, 1.54) is 6.07 Å². The molecule has 0 saturated carbocycles. The van der Waals surface area contributed by atoms with Crippen molar-refractivity contribution in [1.82, 2.24) is 0 Å². The zero-order chi connectivity index (χ0) is 13.0. The van der Waals surface area contributed by atoms with Crippen molar-refractivity contribution in [2.45, 2.75) is 6.61 Å². The van der Waals surface area contributed by atoms with E-state index in [4.69, 9.17) is 9.84 Å². The summed E-state index contributed by atoms with van der Waals surface area (Å²) in [6.07, 6.45) is 0. The number of rotatable bonds is 4. The number of hydrogen-bond acceptors (Lipinski definition) is 2. The molecule has 0 unspecified atom stereocenters. The lowest BCUT2D eigenvalue weighted by atomic mass is 10.2. The first-order valence-electron chi connectivity index (χ1n) is 5.36. The highest BCUT2D eigenvalue weighted by atomic mass is 79.9. The zero-order valence-electron chi connectivity index (χ0n) is 9.88. The maximum atomic E-state index is 10.8. The molecule has 1 N–H and O–H groups in total. The van der Waals surface area contributed by atoms with E-state index < -0.39 is 5.97 Å². The summed E-state index contributed by atoms with van der Waals surface area (Å²) >= 11 is 3.21. The lowest BCUT2D eigenvalue weighted by Crippen LogP contribution is -1.99. The maximum Gasteiger partial charge on any atom is 0.336 e. The molecule has 2 aromatic rings. The molecule has 0 aliphatic carbocycles. The number of carboxylic acids is 1. The highest BCUT2D eigenvalue weighted by Crippen LogP contribution is 2.23. The Morgan fingerprint density at radius 2 is 1.84 bits per heavy atom. The summed E-state index contributed by atoms with van der Waals surface area (Å²) < 4.78 is 6.10. The molecule has 0 amide bonds. The minimum absolute atomic E-state index is 0. The average molecular weight is 344 g/mol. The summed E-state index contributed by atoms with van der Waals surface area (Å²) in [5.74, 6) is -0.327. The Bertz CT molecular complexity index is 558. The molecule has 2 rings (SSSR count). The molecule has 0 radical (unpaired) electrons. The summed E-state index contributed by atoms with van der Waals surface area (Å²) in [7, 11) is 0. The van der Waals surface area contributed by atoms with Gasteiger partial charge in [-0.1, -0.05) is 30.3 Å². The molecule has 0 fully saturated rings. The van der Waals surface area contributed by atoms with Crippen LogP contribution in [0.1, 0.15) is 15.9 Å². The number of hydrogen-bond donors (Lipinski definition) is 1. The van der Waals surface area contributed by atoms with Crippen molar-refractivity contribution in [3.8, 4) is 5.75 Å². The van der Waals surface area contributed by atoms with Crippen molar-refractivity contribution < 1.29 is 14.6 Å². The molecule has 19 heavy (non-hydrogen) atoms. The summed E-state index contributed by atoms with van der Waals surface area (Å²) in [4.78, 5) is 10.8.